The molecule has 7 nitrogen and oxygen atoms in total. The van der Waals surface area contributed by atoms with Crippen molar-refractivity contribution in [2.24, 2.45) is 4.99 Å². The molecule has 33 heavy (non-hydrogen) atoms. The summed E-state index contributed by atoms with van der Waals surface area (Å²) in [7, 11) is 5.07. The van der Waals surface area contributed by atoms with Gasteiger partial charge in [-0.1, -0.05) is 36.4 Å². The van der Waals surface area contributed by atoms with Crippen molar-refractivity contribution in [2.75, 3.05) is 27.8 Å². The Morgan fingerprint density at radius 1 is 0.970 bits per heavy atom. The van der Waals surface area contributed by atoms with Crippen molar-refractivity contribution in [1.29, 1.82) is 0 Å². The van der Waals surface area contributed by atoms with Gasteiger partial charge in [0.05, 0.1) is 26.5 Å². The van der Waals surface area contributed by atoms with E-state index in [1.165, 1.54) is 22.4 Å². The minimum atomic E-state index is 0. The Hall–Kier alpha value is -2.75. The van der Waals surface area contributed by atoms with Gasteiger partial charge in [-0.2, -0.15) is 5.10 Å². The smallest absolute Gasteiger partial charge is 0.191 e. The van der Waals surface area contributed by atoms with E-state index >= 15 is 0 Å². The fraction of sp³-hybridized carbons (Fsp3) is 0.360. The maximum atomic E-state index is 5.39. The van der Waals surface area contributed by atoms with Gasteiger partial charge in [0.1, 0.15) is 0 Å². The van der Waals surface area contributed by atoms with E-state index in [1.807, 2.05) is 24.3 Å². The molecule has 0 atom stereocenters. The van der Waals surface area contributed by atoms with Crippen LogP contribution in [-0.2, 0) is 19.5 Å². The van der Waals surface area contributed by atoms with Crippen LogP contribution in [0.15, 0.2) is 53.5 Å². The van der Waals surface area contributed by atoms with E-state index in [2.05, 4.69) is 58.4 Å². The molecule has 1 aromatic heterocycles. The number of nitrogens with one attached hydrogen (secondary N) is 2. The number of aliphatic imine (C=N–C) groups is 1. The molecule has 0 saturated heterocycles. The van der Waals surface area contributed by atoms with E-state index in [4.69, 9.17) is 14.6 Å². The highest BCUT2D eigenvalue weighted by atomic mass is 127. The van der Waals surface area contributed by atoms with Crippen LogP contribution in [0.3, 0.4) is 0 Å². The lowest BCUT2D eigenvalue weighted by Crippen LogP contribution is -2.38. The number of hydrogen-bond donors (Lipinski definition) is 2. The number of hydrogen-bond acceptors (Lipinski definition) is 4. The first-order valence-corrected chi connectivity index (χ1v) is 10.8. The molecule has 3 aromatic rings. The minimum absolute atomic E-state index is 0. The molecular formula is C25H34IN5O2. The molecule has 0 aliphatic rings. The van der Waals surface area contributed by atoms with Crippen molar-refractivity contribution in [2.45, 2.75) is 33.4 Å². The molecule has 0 saturated carbocycles. The van der Waals surface area contributed by atoms with Crippen LogP contribution in [0.4, 0.5) is 0 Å². The van der Waals surface area contributed by atoms with Crippen molar-refractivity contribution in [3.8, 4) is 11.5 Å². The summed E-state index contributed by atoms with van der Waals surface area (Å²) in [6, 6.07) is 16.4. The molecule has 3 rings (SSSR count). The Morgan fingerprint density at radius 2 is 1.70 bits per heavy atom. The minimum Gasteiger partial charge on any atom is -0.493 e. The lowest BCUT2D eigenvalue weighted by Gasteiger charge is -2.13. The maximum Gasteiger partial charge on any atom is 0.191 e. The molecule has 2 N–H and O–H groups in total. The average Bonchev–Trinajstić information content (AvgIpc) is 3.08. The molecule has 0 amide bonds. The lowest BCUT2D eigenvalue weighted by atomic mass is 10.1. The number of aryl methyl sites for hydroxylation is 1. The van der Waals surface area contributed by atoms with Gasteiger partial charge in [0, 0.05) is 31.4 Å². The first kappa shape index (κ1) is 26.5. The number of benzene rings is 2. The zero-order chi connectivity index (χ0) is 22.9. The van der Waals surface area contributed by atoms with Crippen LogP contribution in [0.2, 0.25) is 0 Å². The van der Waals surface area contributed by atoms with Gasteiger partial charge in [-0.25, -0.2) is 0 Å². The van der Waals surface area contributed by atoms with Gasteiger partial charge in [-0.05, 0) is 43.5 Å². The van der Waals surface area contributed by atoms with Crippen molar-refractivity contribution < 1.29 is 9.47 Å². The number of aromatic nitrogens is 2. The quantitative estimate of drug-likeness (QED) is 0.233. The van der Waals surface area contributed by atoms with Crippen LogP contribution in [0.25, 0.3) is 0 Å². The van der Waals surface area contributed by atoms with E-state index in [-0.39, 0.29) is 24.0 Å². The van der Waals surface area contributed by atoms with Crippen LogP contribution in [0, 0.1) is 13.8 Å². The van der Waals surface area contributed by atoms with Crippen LogP contribution >= 0.6 is 24.0 Å². The third-order valence-corrected chi connectivity index (χ3v) is 5.52. The summed E-state index contributed by atoms with van der Waals surface area (Å²) >= 11 is 0. The van der Waals surface area contributed by atoms with Crippen molar-refractivity contribution >= 4 is 29.9 Å². The second-order valence-electron chi connectivity index (χ2n) is 7.58. The van der Waals surface area contributed by atoms with E-state index in [9.17, 15) is 0 Å². The van der Waals surface area contributed by atoms with E-state index < -0.39 is 0 Å². The predicted molar refractivity (Wildman–Crippen MR) is 144 cm³/mol. The summed E-state index contributed by atoms with van der Waals surface area (Å²) in [6.07, 6.45) is 0.841. The summed E-state index contributed by atoms with van der Waals surface area (Å²) < 4.78 is 12.8. The lowest BCUT2D eigenvalue weighted by molar-refractivity contribution is 0.354. The van der Waals surface area contributed by atoms with Gasteiger partial charge < -0.3 is 20.1 Å². The van der Waals surface area contributed by atoms with Crippen LogP contribution < -0.4 is 20.1 Å². The highest BCUT2D eigenvalue weighted by Crippen LogP contribution is 2.27. The monoisotopic (exact) mass is 563 g/mol. The molecule has 0 aliphatic heterocycles. The molecule has 1 heterocycles. The van der Waals surface area contributed by atoms with Gasteiger partial charge in [0.2, 0.25) is 0 Å². The first-order chi connectivity index (χ1) is 15.5. The molecule has 0 radical (unpaired) electrons. The molecule has 0 bridgehead atoms. The number of rotatable bonds is 9. The normalized spacial score (nSPS) is 11.0. The van der Waals surface area contributed by atoms with Crippen LogP contribution in [0.5, 0.6) is 11.5 Å². The SMILES string of the molecule is CN=C(NCCc1ccc(OC)c(OC)c1)NCc1c(C)nn(Cc2ccccc2)c1C.I. The van der Waals surface area contributed by atoms with Gasteiger partial charge in [-0.3, -0.25) is 9.67 Å². The number of halogens is 1. The second-order valence-corrected chi connectivity index (χ2v) is 7.58. The van der Waals surface area contributed by atoms with E-state index in [1.54, 1.807) is 21.3 Å². The molecule has 0 spiro atoms. The van der Waals surface area contributed by atoms with E-state index in [0.717, 1.165) is 42.7 Å². The van der Waals surface area contributed by atoms with Gasteiger partial charge in [0.25, 0.3) is 0 Å². The zero-order valence-electron chi connectivity index (χ0n) is 20.0. The highest BCUT2D eigenvalue weighted by molar-refractivity contribution is 14.0. The Bertz CT molecular complexity index is 1050. The zero-order valence-corrected chi connectivity index (χ0v) is 22.3. The summed E-state index contributed by atoms with van der Waals surface area (Å²) in [6.45, 7) is 6.36. The van der Waals surface area contributed by atoms with Crippen molar-refractivity contribution in [3.05, 3.63) is 76.6 Å². The maximum absolute atomic E-state index is 5.39. The molecular weight excluding hydrogens is 529 g/mol. The third-order valence-electron chi connectivity index (χ3n) is 5.52. The fourth-order valence-corrected chi connectivity index (χ4v) is 3.65. The molecule has 0 unspecified atom stereocenters. The Labute approximate surface area is 213 Å². The van der Waals surface area contributed by atoms with Gasteiger partial charge in [0.15, 0.2) is 17.5 Å². The largest absolute Gasteiger partial charge is 0.493 e. The number of guanidine groups is 1. The van der Waals surface area contributed by atoms with Crippen LogP contribution in [-0.4, -0.2) is 43.6 Å². The average molecular weight is 563 g/mol. The fourth-order valence-electron chi connectivity index (χ4n) is 3.65. The molecule has 0 fully saturated rings. The van der Waals surface area contributed by atoms with Crippen LogP contribution in [0.1, 0.15) is 28.1 Å². The van der Waals surface area contributed by atoms with Crippen molar-refractivity contribution in [1.82, 2.24) is 20.4 Å². The van der Waals surface area contributed by atoms with Crippen molar-refractivity contribution in [3.63, 3.8) is 0 Å². The third kappa shape index (κ3) is 7.12. The molecule has 8 heteroatoms. The molecule has 2 aromatic carbocycles. The first-order valence-electron chi connectivity index (χ1n) is 10.8. The highest BCUT2D eigenvalue weighted by Gasteiger charge is 2.12. The Kier molecular flexibility index (Phi) is 10.5. The van der Waals surface area contributed by atoms with Gasteiger partial charge in [-0.15, -0.1) is 24.0 Å². The number of methoxy groups -OCH3 is 2. The topological polar surface area (TPSA) is 72.7 Å². The standard InChI is InChI=1S/C25H33N5O2.HI/c1-18-22(19(2)30(29-18)17-21-9-7-6-8-10-21)16-28-25(26-3)27-14-13-20-11-12-23(31-4)24(15-20)32-5;/h6-12,15H,13-14,16-17H2,1-5H3,(H2,26,27,28);1H. The Balaban J connectivity index is 0.00000385. The second kappa shape index (κ2) is 13.1. The molecule has 0 aliphatic carbocycles. The molecule has 178 valence electrons. The predicted octanol–water partition coefficient (Wildman–Crippen LogP) is 4.09. The number of ether oxygens (including phenoxy) is 2. The van der Waals surface area contributed by atoms with Gasteiger partial charge >= 0.3 is 0 Å². The Morgan fingerprint density at radius 3 is 2.36 bits per heavy atom. The summed E-state index contributed by atoms with van der Waals surface area (Å²) in [5.74, 6) is 2.24. The summed E-state index contributed by atoms with van der Waals surface area (Å²) in [5.41, 5.74) is 5.81. The summed E-state index contributed by atoms with van der Waals surface area (Å²) in [4.78, 5) is 4.35. The van der Waals surface area contributed by atoms with E-state index in [0.29, 0.717) is 6.54 Å². The number of nitrogens with zero attached hydrogens (tertiary/aromatic N) is 3. The summed E-state index contributed by atoms with van der Waals surface area (Å²) in [5, 5.41) is 11.5.